The van der Waals surface area contributed by atoms with Crippen molar-refractivity contribution in [3.8, 4) is 5.75 Å². The number of aromatic hydroxyl groups is 1. The van der Waals surface area contributed by atoms with Crippen molar-refractivity contribution in [1.82, 2.24) is 0 Å². The van der Waals surface area contributed by atoms with Crippen LogP contribution in [0.3, 0.4) is 0 Å². The van der Waals surface area contributed by atoms with Crippen LogP contribution in [0.25, 0.3) is 0 Å². The molecule has 1 aromatic carbocycles. The van der Waals surface area contributed by atoms with Gasteiger partial charge in [-0.05, 0) is 48.3 Å². The molecule has 1 fully saturated rings. The maximum atomic E-state index is 11.3. The molecular weight excluding hydrogens is 264 g/mol. The number of rotatable bonds is 5. The van der Waals surface area contributed by atoms with Crippen molar-refractivity contribution >= 4 is 5.97 Å². The lowest BCUT2D eigenvalue weighted by Gasteiger charge is -2.24. The minimum absolute atomic E-state index is 0.180. The lowest BCUT2D eigenvalue weighted by molar-refractivity contribution is -0.140. The largest absolute Gasteiger partial charge is 0.507 e. The molecule has 1 saturated carbocycles. The highest BCUT2D eigenvalue weighted by molar-refractivity contribution is 5.69. The summed E-state index contributed by atoms with van der Waals surface area (Å²) in [6, 6.07) is 4.14. The van der Waals surface area contributed by atoms with E-state index in [-0.39, 0.29) is 5.97 Å². The average molecular weight is 290 g/mol. The molecule has 0 radical (unpaired) electrons. The molecule has 1 aliphatic rings. The van der Waals surface area contributed by atoms with Crippen LogP contribution < -0.4 is 0 Å². The third kappa shape index (κ3) is 3.99. The van der Waals surface area contributed by atoms with Gasteiger partial charge < -0.3 is 9.84 Å². The second-order valence-electron chi connectivity index (χ2n) is 5.96. The van der Waals surface area contributed by atoms with Gasteiger partial charge in [-0.1, -0.05) is 38.3 Å². The molecule has 0 aliphatic heterocycles. The maximum absolute atomic E-state index is 11.3. The van der Waals surface area contributed by atoms with Gasteiger partial charge in [0, 0.05) is 6.42 Å². The maximum Gasteiger partial charge on any atom is 0.305 e. The van der Waals surface area contributed by atoms with Gasteiger partial charge >= 0.3 is 5.97 Å². The average Bonchev–Trinajstić information content (AvgIpc) is 2.54. The number of esters is 1. The summed E-state index contributed by atoms with van der Waals surface area (Å²) in [6.45, 7) is 2.06. The Morgan fingerprint density at radius 2 is 2.00 bits per heavy atom. The first-order chi connectivity index (χ1) is 10.2. The van der Waals surface area contributed by atoms with Crippen molar-refractivity contribution < 1.29 is 14.6 Å². The van der Waals surface area contributed by atoms with Crippen LogP contribution in [-0.4, -0.2) is 18.2 Å². The third-order valence-corrected chi connectivity index (χ3v) is 4.55. The smallest absolute Gasteiger partial charge is 0.305 e. The molecule has 3 nitrogen and oxygen atoms in total. The number of ether oxygens (including phenoxy) is 1. The molecule has 0 amide bonds. The molecule has 0 atom stereocenters. The van der Waals surface area contributed by atoms with Crippen LogP contribution in [0, 0.1) is 0 Å². The Morgan fingerprint density at radius 1 is 1.29 bits per heavy atom. The molecule has 21 heavy (non-hydrogen) atoms. The Morgan fingerprint density at radius 3 is 2.62 bits per heavy atom. The molecule has 1 N–H and O–H groups in total. The predicted molar refractivity (Wildman–Crippen MR) is 83.6 cm³/mol. The fraction of sp³-hybridized carbons (Fsp3) is 0.611. The second kappa shape index (κ2) is 7.48. The van der Waals surface area contributed by atoms with E-state index in [2.05, 4.69) is 13.0 Å². The Labute approximate surface area is 127 Å². The monoisotopic (exact) mass is 290 g/mol. The summed E-state index contributed by atoms with van der Waals surface area (Å²) in [7, 11) is 1.42. The zero-order valence-corrected chi connectivity index (χ0v) is 13.2. The number of carbonyl (C=O) groups is 1. The van der Waals surface area contributed by atoms with Gasteiger partial charge in [-0.15, -0.1) is 0 Å². The molecule has 1 aromatic rings. The van der Waals surface area contributed by atoms with E-state index < -0.39 is 0 Å². The number of methoxy groups -OCH3 is 1. The second-order valence-corrected chi connectivity index (χ2v) is 5.96. The van der Waals surface area contributed by atoms with E-state index in [4.69, 9.17) is 4.74 Å². The molecule has 0 unspecified atom stereocenters. The van der Waals surface area contributed by atoms with Crippen LogP contribution in [0.4, 0.5) is 0 Å². The third-order valence-electron chi connectivity index (χ3n) is 4.55. The summed E-state index contributed by atoms with van der Waals surface area (Å²) in [4.78, 5) is 11.3. The molecule has 0 heterocycles. The number of aryl methyl sites for hydroxylation is 2. The number of hydrogen-bond donors (Lipinski definition) is 1. The van der Waals surface area contributed by atoms with Crippen molar-refractivity contribution in [2.75, 3.05) is 7.11 Å². The lowest BCUT2D eigenvalue weighted by Crippen LogP contribution is -2.07. The summed E-state index contributed by atoms with van der Waals surface area (Å²) in [5.74, 6) is 0.772. The van der Waals surface area contributed by atoms with E-state index in [0.717, 1.165) is 36.0 Å². The predicted octanol–water partition coefficient (Wildman–Crippen LogP) is 4.11. The molecule has 116 valence electrons. The van der Waals surface area contributed by atoms with Crippen LogP contribution >= 0.6 is 0 Å². The molecule has 0 spiro atoms. The fourth-order valence-corrected chi connectivity index (χ4v) is 3.27. The summed E-state index contributed by atoms with van der Waals surface area (Å²) in [5, 5.41) is 10.5. The molecular formula is C18H26O3. The topological polar surface area (TPSA) is 46.5 Å². The van der Waals surface area contributed by atoms with E-state index >= 15 is 0 Å². The Hall–Kier alpha value is -1.51. The van der Waals surface area contributed by atoms with E-state index in [1.165, 1.54) is 26.4 Å². The van der Waals surface area contributed by atoms with Gasteiger partial charge in [-0.25, -0.2) is 0 Å². The highest BCUT2D eigenvalue weighted by atomic mass is 16.5. The Kier molecular flexibility index (Phi) is 5.66. The van der Waals surface area contributed by atoms with Crippen LogP contribution in [-0.2, 0) is 22.4 Å². The van der Waals surface area contributed by atoms with Crippen molar-refractivity contribution in [3.05, 3.63) is 28.8 Å². The first-order valence-corrected chi connectivity index (χ1v) is 8.07. The minimum atomic E-state index is -0.180. The zero-order valence-electron chi connectivity index (χ0n) is 13.2. The summed E-state index contributed by atoms with van der Waals surface area (Å²) in [6.07, 6.45) is 8.02. The zero-order chi connectivity index (χ0) is 15.2. The Balaban J connectivity index is 2.23. The molecule has 2 rings (SSSR count). The molecule has 0 bridgehead atoms. The van der Waals surface area contributed by atoms with Crippen molar-refractivity contribution in [2.24, 2.45) is 0 Å². The highest BCUT2D eigenvalue weighted by Crippen LogP contribution is 2.39. The first-order valence-electron chi connectivity index (χ1n) is 8.07. The van der Waals surface area contributed by atoms with Gasteiger partial charge in [0.05, 0.1) is 7.11 Å². The molecule has 0 saturated heterocycles. The quantitative estimate of drug-likeness (QED) is 0.830. The van der Waals surface area contributed by atoms with E-state index in [1.54, 1.807) is 0 Å². The van der Waals surface area contributed by atoms with Gasteiger partial charge in [-0.2, -0.15) is 0 Å². The van der Waals surface area contributed by atoms with Gasteiger partial charge in [0.1, 0.15) is 5.75 Å². The van der Waals surface area contributed by atoms with Crippen LogP contribution in [0.2, 0.25) is 0 Å². The Bertz CT molecular complexity index is 487. The number of hydrogen-bond acceptors (Lipinski definition) is 3. The molecule has 3 heteroatoms. The van der Waals surface area contributed by atoms with Crippen LogP contribution in [0.15, 0.2) is 12.1 Å². The van der Waals surface area contributed by atoms with Crippen LogP contribution in [0.5, 0.6) is 5.75 Å². The van der Waals surface area contributed by atoms with Gasteiger partial charge in [0.15, 0.2) is 0 Å². The van der Waals surface area contributed by atoms with E-state index in [1.807, 2.05) is 6.07 Å². The number of carbonyl (C=O) groups excluding carboxylic acids is 1. The first kappa shape index (κ1) is 15.9. The highest BCUT2D eigenvalue weighted by Gasteiger charge is 2.21. The van der Waals surface area contributed by atoms with Gasteiger partial charge in [0.2, 0.25) is 0 Å². The lowest BCUT2D eigenvalue weighted by atomic mass is 9.82. The molecule has 0 aromatic heterocycles. The number of benzene rings is 1. The fourth-order valence-electron chi connectivity index (χ4n) is 3.27. The summed E-state index contributed by atoms with van der Waals surface area (Å²) in [5.41, 5.74) is 3.22. The van der Waals surface area contributed by atoms with Crippen molar-refractivity contribution in [2.45, 2.75) is 64.2 Å². The number of phenolic OH excluding ortho intramolecular Hbond substituents is 1. The van der Waals surface area contributed by atoms with Crippen molar-refractivity contribution in [1.29, 1.82) is 0 Å². The summed E-state index contributed by atoms with van der Waals surface area (Å²) >= 11 is 0. The van der Waals surface area contributed by atoms with Crippen LogP contribution in [0.1, 0.15) is 68.1 Å². The van der Waals surface area contributed by atoms with E-state index in [0.29, 0.717) is 24.5 Å². The van der Waals surface area contributed by atoms with E-state index in [9.17, 15) is 9.90 Å². The van der Waals surface area contributed by atoms with Gasteiger partial charge in [0.25, 0.3) is 0 Å². The normalized spacial score (nSPS) is 15.9. The van der Waals surface area contributed by atoms with Gasteiger partial charge in [-0.3, -0.25) is 4.79 Å². The van der Waals surface area contributed by atoms with Crippen molar-refractivity contribution in [3.63, 3.8) is 0 Å². The molecule has 1 aliphatic carbocycles. The minimum Gasteiger partial charge on any atom is -0.507 e. The number of phenols is 1. The summed E-state index contributed by atoms with van der Waals surface area (Å²) < 4.78 is 4.71. The SMILES string of the molecule is CCc1cc(CCC(=O)OC)cc(C2CCCCC2)c1O. The standard InChI is InChI=1S/C18H26O3/c1-3-14-11-13(9-10-17(19)21-2)12-16(18(14)20)15-7-5-4-6-8-15/h11-12,15,20H,3-10H2,1-2H3.